The molecule has 1 aliphatic heterocycles. The Labute approximate surface area is 205 Å². The standard InChI is InChI=1S/C26H21BrClNO4/c1-3-31-23-14-18(12-21(27)24(23)32-15-17-5-4-6-20(28)11-17)13-22-26(30)33-25(29-22)19-9-7-16(2)8-10-19/h4-14H,3,15H2,1-2H3/b22-13-. The van der Waals surface area contributed by atoms with Crippen LogP contribution in [0.15, 0.2) is 75.8 Å². The van der Waals surface area contributed by atoms with Crippen LogP contribution in [0.1, 0.15) is 29.2 Å². The lowest BCUT2D eigenvalue weighted by Gasteiger charge is -2.15. The Morgan fingerprint density at radius 1 is 1.09 bits per heavy atom. The second kappa shape index (κ2) is 10.2. The highest BCUT2D eigenvalue weighted by molar-refractivity contribution is 9.10. The predicted octanol–water partition coefficient (Wildman–Crippen LogP) is 6.73. The first kappa shape index (κ1) is 23.1. The molecule has 0 aromatic heterocycles. The zero-order valence-electron chi connectivity index (χ0n) is 18.1. The second-order valence-corrected chi connectivity index (χ2v) is 8.67. The van der Waals surface area contributed by atoms with Crippen LogP contribution in [0.3, 0.4) is 0 Å². The normalized spacial score (nSPS) is 14.2. The monoisotopic (exact) mass is 525 g/mol. The van der Waals surface area contributed by atoms with Gasteiger partial charge >= 0.3 is 5.97 Å². The summed E-state index contributed by atoms with van der Waals surface area (Å²) in [5, 5.41) is 0.649. The van der Waals surface area contributed by atoms with E-state index in [0.29, 0.717) is 34.2 Å². The summed E-state index contributed by atoms with van der Waals surface area (Å²) < 4.78 is 17.9. The van der Waals surface area contributed by atoms with Gasteiger partial charge in [0, 0.05) is 10.6 Å². The lowest BCUT2D eigenvalue weighted by atomic mass is 10.1. The number of rotatable bonds is 7. The molecule has 0 fully saturated rings. The summed E-state index contributed by atoms with van der Waals surface area (Å²) in [7, 11) is 0. The Kier molecular flexibility index (Phi) is 7.16. The van der Waals surface area contributed by atoms with E-state index >= 15 is 0 Å². The number of cyclic esters (lactones) is 1. The first-order valence-electron chi connectivity index (χ1n) is 10.4. The Balaban J connectivity index is 1.61. The molecule has 0 saturated carbocycles. The summed E-state index contributed by atoms with van der Waals surface area (Å²) in [4.78, 5) is 16.8. The van der Waals surface area contributed by atoms with E-state index in [2.05, 4.69) is 20.9 Å². The van der Waals surface area contributed by atoms with E-state index in [9.17, 15) is 4.79 Å². The second-order valence-electron chi connectivity index (χ2n) is 7.38. The van der Waals surface area contributed by atoms with E-state index < -0.39 is 5.97 Å². The zero-order chi connectivity index (χ0) is 23.4. The Bertz CT molecular complexity index is 1250. The van der Waals surface area contributed by atoms with E-state index in [1.807, 2.05) is 68.4 Å². The first-order chi connectivity index (χ1) is 15.9. The largest absolute Gasteiger partial charge is 0.490 e. The number of halogens is 2. The van der Waals surface area contributed by atoms with Crippen molar-refractivity contribution in [2.45, 2.75) is 20.5 Å². The van der Waals surface area contributed by atoms with Gasteiger partial charge in [0.1, 0.15) is 6.61 Å². The first-order valence-corrected chi connectivity index (χ1v) is 11.5. The summed E-state index contributed by atoms with van der Waals surface area (Å²) in [6, 6.07) is 18.8. The number of hydrogen-bond donors (Lipinski definition) is 0. The zero-order valence-corrected chi connectivity index (χ0v) is 20.4. The summed E-state index contributed by atoms with van der Waals surface area (Å²) in [6.45, 7) is 4.67. The maximum Gasteiger partial charge on any atom is 0.363 e. The fourth-order valence-electron chi connectivity index (χ4n) is 3.24. The molecule has 168 valence electrons. The van der Waals surface area contributed by atoms with Crippen LogP contribution in [-0.4, -0.2) is 18.5 Å². The molecule has 7 heteroatoms. The van der Waals surface area contributed by atoms with Gasteiger partial charge in [-0.2, -0.15) is 0 Å². The molecule has 0 bridgehead atoms. The number of aryl methyl sites for hydroxylation is 1. The van der Waals surface area contributed by atoms with Crippen LogP contribution in [0.5, 0.6) is 11.5 Å². The van der Waals surface area contributed by atoms with E-state index in [-0.39, 0.29) is 11.6 Å². The van der Waals surface area contributed by atoms with Gasteiger partial charge in [-0.15, -0.1) is 0 Å². The molecular formula is C26H21BrClNO4. The van der Waals surface area contributed by atoms with Crippen molar-refractivity contribution in [2.75, 3.05) is 6.61 Å². The number of benzene rings is 3. The van der Waals surface area contributed by atoms with Gasteiger partial charge in [-0.3, -0.25) is 0 Å². The molecule has 5 nitrogen and oxygen atoms in total. The van der Waals surface area contributed by atoms with Gasteiger partial charge in [0.2, 0.25) is 5.90 Å². The molecule has 33 heavy (non-hydrogen) atoms. The minimum absolute atomic E-state index is 0.215. The molecule has 0 aliphatic carbocycles. The van der Waals surface area contributed by atoms with Gasteiger partial charge < -0.3 is 14.2 Å². The van der Waals surface area contributed by atoms with E-state index in [4.69, 9.17) is 25.8 Å². The molecule has 0 radical (unpaired) electrons. The van der Waals surface area contributed by atoms with Crippen LogP contribution < -0.4 is 9.47 Å². The number of aliphatic imine (C=N–C) groups is 1. The van der Waals surface area contributed by atoms with Crippen molar-refractivity contribution >= 4 is 45.5 Å². The Morgan fingerprint density at radius 2 is 1.88 bits per heavy atom. The maximum absolute atomic E-state index is 12.4. The van der Waals surface area contributed by atoms with Crippen molar-refractivity contribution < 1.29 is 19.0 Å². The number of esters is 1. The topological polar surface area (TPSA) is 57.1 Å². The predicted molar refractivity (Wildman–Crippen MR) is 133 cm³/mol. The summed E-state index contributed by atoms with van der Waals surface area (Å²) in [6.07, 6.45) is 1.66. The SMILES string of the molecule is CCOc1cc(/C=C2\N=C(c3ccc(C)cc3)OC2=O)cc(Br)c1OCc1cccc(Cl)c1. The van der Waals surface area contributed by atoms with Crippen LogP contribution in [-0.2, 0) is 16.1 Å². The third-order valence-corrected chi connectivity index (χ3v) is 5.65. The molecule has 0 amide bonds. The third kappa shape index (κ3) is 5.64. The van der Waals surface area contributed by atoms with Crippen LogP contribution in [0.4, 0.5) is 0 Å². The van der Waals surface area contributed by atoms with Gasteiger partial charge in [0.25, 0.3) is 0 Å². The molecule has 3 aromatic rings. The fraction of sp³-hybridized carbons (Fsp3) is 0.154. The van der Waals surface area contributed by atoms with Crippen LogP contribution >= 0.6 is 27.5 Å². The van der Waals surface area contributed by atoms with E-state index in [1.165, 1.54) is 0 Å². The van der Waals surface area contributed by atoms with Crippen molar-refractivity contribution in [3.63, 3.8) is 0 Å². The van der Waals surface area contributed by atoms with Gasteiger partial charge in [-0.1, -0.05) is 41.4 Å². The highest BCUT2D eigenvalue weighted by atomic mass is 79.9. The average molecular weight is 527 g/mol. The molecule has 1 aliphatic rings. The number of nitrogens with zero attached hydrogens (tertiary/aromatic N) is 1. The number of ether oxygens (including phenoxy) is 3. The van der Waals surface area contributed by atoms with Crippen molar-refractivity contribution in [1.29, 1.82) is 0 Å². The number of hydrogen-bond acceptors (Lipinski definition) is 5. The molecule has 0 saturated heterocycles. The number of carbonyl (C=O) groups excluding carboxylic acids is 1. The Hall–Kier alpha value is -3.09. The van der Waals surface area contributed by atoms with Crippen molar-refractivity contribution in [3.8, 4) is 11.5 Å². The molecule has 0 atom stereocenters. The van der Waals surface area contributed by atoms with Crippen molar-refractivity contribution in [1.82, 2.24) is 0 Å². The molecule has 3 aromatic carbocycles. The Morgan fingerprint density at radius 3 is 2.61 bits per heavy atom. The van der Waals surface area contributed by atoms with E-state index in [0.717, 1.165) is 22.3 Å². The molecule has 1 heterocycles. The minimum Gasteiger partial charge on any atom is -0.490 e. The van der Waals surface area contributed by atoms with E-state index in [1.54, 1.807) is 12.1 Å². The van der Waals surface area contributed by atoms with Gasteiger partial charge in [0.15, 0.2) is 17.2 Å². The van der Waals surface area contributed by atoms with Crippen LogP contribution in [0.2, 0.25) is 5.02 Å². The summed E-state index contributed by atoms with van der Waals surface area (Å²) in [5.74, 6) is 0.907. The highest BCUT2D eigenvalue weighted by Crippen LogP contribution is 2.38. The number of carbonyl (C=O) groups is 1. The molecule has 4 rings (SSSR count). The average Bonchev–Trinajstić information content (AvgIpc) is 3.14. The molecule has 0 N–H and O–H groups in total. The highest BCUT2D eigenvalue weighted by Gasteiger charge is 2.24. The molecule has 0 spiro atoms. The third-order valence-electron chi connectivity index (χ3n) is 4.83. The molecule has 0 unspecified atom stereocenters. The lowest BCUT2D eigenvalue weighted by Crippen LogP contribution is -2.05. The van der Waals surface area contributed by atoms with Gasteiger partial charge in [-0.05, 0) is 83.4 Å². The van der Waals surface area contributed by atoms with Gasteiger partial charge in [0.05, 0.1) is 11.1 Å². The van der Waals surface area contributed by atoms with Gasteiger partial charge in [-0.25, -0.2) is 9.79 Å². The van der Waals surface area contributed by atoms with Crippen LogP contribution in [0, 0.1) is 6.92 Å². The summed E-state index contributed by atoms with van der Waals surface area (Å²) >= 11 is 9.63. The molecular weight excluding hydrogens is 506 g/mol. The smallest absolute Gasteiger partial charge is 0.363 e. The van der Waals surface area contributed by atoms with Crippen molar-refractivity contribution in [2.24, 2.45) is 4.99 Å². The van der Waals surface area contributed by atoms with Crippen LogP contribution in [0.25, 0.3) is 6.08 Å². The van der Waals surface area contributed by atoms with Crippen molar-refractivity contribution in [3.05, 3.63) is 98.1 Å². The maximum atomic E-state index is 12.4. The quantitative estimate of drug-likeness (QED) is 0.253. The fourth-order valence-corrected chi connectivity index (χ4v) is 4.03. The minimum atomic E-state index is -0.499. The summed E-state index contributed by atoms with van der Waals surface area (Å²) in [5.41, 5.74) is 3.74. The lowest BCUT2D eigenvalue weighted by molar-refractivity contribution is -0.129.